The third-order valence-corrected chi connectivity index (χ3v) is 8.10. The zero-order valence-corrected chi connectivity index (χ0v) is 25.1. The van der Waals surface area contributed by atoms with Gasteiger partial charge >= 0.3 is 0 Å². The van der Waals surface area contributed by atoms with Crippen molar-refractivity contribution in [2.24, 2.45) is 4.99 Å². The Hall–Kier alpha value is -4.41. The predicted octanol–water partition coefficient (Wildman–Crippen LogP) is 9.70. The van der Waals surface area contributed by atoms with E-state index in [1.807, 2.05) is 0 Å². The van der Waals surface area contributed by atoms with Gasteiger partial charge in [-0.15, -0.1) is 0 Å². The summed E-state index contributed by atoms with van der Waals surface area (Å²) in [5.74, 6) is -0.201. The molecular weight excluding hydrogens is 518 g/mol. The van der Waals surface area contributed by atoms with Crippen LogP contribution >= 0.6 is 0 Å². The van der Waals surface area contributed by atoms with E-state index in [9.17, 15) is 0 Å². The molecule has 4 nitrogen and oxygen atoms in total. The van der Waals surface area contributed by atoms with Gasteiger partial charge in [0, 0.05) is 16.3 Å². The molecular formula is C38H39NO3. The van der Waals surface area contributed by atoms with Crippen LogP contribution in [0.5, 0.6) is 0 Å². The Morgan fingerprint density at radius 3 is 2.07 bits per heavy atom. The van der Waals surface area contributed by atoms with Crippen LogP contribution in [-0.4, -0.2) is 21.5 Å². The quantitative estimate of drug-likeness (QED) is 0.161. The van der Waals surface area contributed by atoms with Crippen LogP contribution in [0.15, 0.2) is 124 Å². The van der Waals surface area contributed by atoms with Gasteiger partial charge in [-0.25, -0.2) is 0 Å². The fourth-order valence-corrected chi connectivity index (χ4v) is 5.11. The maximum atomic E-state index is 8.75. The number of hydrogen-bond donors (Lipinski definition) is 2. The summed E-state index contributed by atoms with van der Waals surface area (Å²) in [5.41, 5.74) is 8.92. The molecule has 4 heteroatoms. The monoisotopic (exact) mass is 557 g/mol. The smallest absolute Gasteiger partial charge is 0.136 e. The number of furan rings is 1. The predicted molar refractivity (Wildman–Crippen MR) is 175 cm³/mol. The topological polar surface area (TPSA) is 66.0 Å². The molecule has 42 heavy (non-hydrogen) atoms. The summed E-state index contributed by atoms with van der Waals surface area (Å²) >= 11 is 0. The molecule has 1 heterocycles. The first-order valence-electron chi connectivity index (χ1n) is 14.4. The van der Waals surface area contributed by atoms with Crippen LogP contribution in [-0.2, 0) is 5.54 Å². The van der Waals surface area contributed by atoms with Crippen LogP contribution in [0.4, 0.5) is 0 Å². The molecule has 0 aliphatic heterocycles. The van der Waals surface area contributed by atoms with Gasteiger partial charge in [-0.3, -0.25) is 4.99 Å². The maximum Gasteiger partial charge on any atom is 0.136 e. The first kappa shape index (κ1) is 29.1. The lowest BCUT2D eigenvalue weighted by molar-refractivity contribution is 0.0721. The molecule has 0 amide bonds. The van der Waals surface area contributed by atoms with Crippen molar-refractivity contribution < 1.29 is 14.6 Å². The lowest BCUT2D eigenvalue weighted by atomic mass is 9.92. The zero-order valence-electron chi connectivity index (χ0n) is 25.1. The number of benzene rings is 4. The highest BCUT2D eigenvalue weighted by Crippen LogP contribution is 2.50. The Morgan fingerprint density at radius 1 is 0.857 bits per heavy atom. The molecule has 0 saturated heterocycles. The summed E-state index contributed by atoms with van der Waals surface area (Å²) < 4.78 is 6.28. The van der Waals surface area contributed by atoms with Crippen LogP contribution in [0.25, 0.3) is 27.5 Å². The Bertz CT molecular complexity index is 1800. The van der Waals surface area contributed by atoms with Gasteiger partial charge in [0.05, 0.1) is 11.3 Å². The summed E-state index contributed by atoms with van der Waals surface area (Å²) in [6.45, 7) is 12.6. The van der Waals surface area contributed by atoms with E-state index in [1.165, 1.54) is 41.7 Å². The van der Waals surface area contributed by atoms with E-state index in [-0.39, 0.29) is 11.3 Å². The zero-order chi connectivity index (χ0) is 30.1. The Kier molecular flexibility index (Phi) is 7.94. The van der Waals surface area contributed by atoms with Crippen molar-refractivity contribution in [3.63, 3.8) is 0 Å². The van der Waals surface area contributed by atoms with Crippen molar-refractivity contribution in [1.82, 2.24) is 0 Å². The highest BCUT2D eigenvalue weighted by atomic mass is 16.3. The van der Waals surface area contributed by atoms with Crippen LogP contribution in [0.3, 0.4) is 0 Å². The van der Waals surface area contributed by atoms with E-state index in [0.29, 0.717) is 0 Å². The number of rotatable bonds is 6. The highest BCUT2D eigenvalue weighted by molar-refractivity contribution is 6.25. The van der Waals surface area contributed by atoms with E-state index < -0.39 is 5.60 Å². The van der Waals surface area contributed by atoms with E-state index in [1.54, 1.807) is 0 Å². The van der Waals surface area contributed by atoms with Gasteiger partial charge in [0.15, 0.2) is 0 Å². The number of allylic oxidation sites excluding steroid dienone is 2. The number of nitrogens with zero attached hydrogens (tertiary/aromatic N) is 1. The SMILES string of the molecule is C/C(C(=NC1(c2ccccc2)CC1)c1cccc2oc3ccc(C)cc3c12)=C(/C)c1ccccc1.C=C(O)C(C)(C)O. The Balaban J connectivity index is 0.000000451. The Morgan fingerprint density at radius 2 is 1.48 bits per heavy atom. The molecule has 1 fully saturated rings. The number of hydrogen-bond acceptors (Lipinski definition) is 4. The second-order valence-electron chi connectivity index (χ2n) is 11.8. The summed E-state index contributed by atoms with van der Waals surface area (Å²) in [7, 11) is 0. The highest BCUT2D eigenvalue weighted by Gasteiger charge is 2.44. The van der Waals surface area contributed by atoms with Crippen molar-refractivity contribution in [3.8, 4) is 0 Å². The molecule has 0 atom stereocenters. The van der Waals surface area contributed by atoms with Gasteiger partial charge in [0.1, 0.15) is 22.5 Å². The van der Waals surface area contributed by atoms with E-state index in [0.717, 1.165) is 46.1 Å². The molecule has 6 rings (SSSR count). The number of aliphatic hydroxyl groups excluding tert-OH is 1. The van der Waals surface area contributed by atoms with Crippen molar-refractivity contribution in [3.05, 3.63) is 137 Å². The van der Waals surface area contributed by atoms with Gasteiger partial charge < -0.3 is 14.6 Å². The number of aryl methyl sites for hydroxylation is 1. The molecule has 0 spiro atoms. The Labute approximate surface area is 248 Å². The largest absolute Gasteiger partial charge is 0.510 e. The van der Waals surface area contributed by atoms with Crippen molar-refractivity contribution >= 4 is 33.2 Å². The average Bonchev–Trinajstić information content (AvgIpc) is 3.68. The summed E-state index contributed by atoms with van der Waals surface area (Å²) in [4.78, 5) is 5.58. The molecule has 5 aromatic rings. The third kappa shape index (κ3) is 5.95. The first-order chi connectivity index (χ1) is 20.0. The van der Waals surface area contributed by atoms with E-state index in [4.69, 9.17) is 19.6 Å². The number of fused-ring (bicyclic) bond motifs is 3. The molecule has 1 aromatic heterocycles. The second kappa shape index (κ2) is 11.5. The van der Waals surface area contributed by atoms with Crippen molar-refractivity contribution in [2.75, 3.05) is 0 Å². The summed E-state index contributed by atoms with van der Waals surface area (Å²) in [6.07, 6.45) is 2.14. The molecule has 1 saturated carbocycles. The van der Waals surface area contributed by atoms with Gasteiger partial charge in [0.25, 0.3) is 0 Å². The van der Waals surface area contributed by atoms with Crippen LogP contribution < -0.4 is 0 Å². The molecule has 0 unspecified atom stereocenters. The molecule has 4 aromatic carbocycles. The number of aliphatic hydroxyl groups is 2. The fourth-order valence-electron chi connectivity index (χ4n) is 5.11. The van der Waals surface area contributed by atoms with E-state index in [2.05, 4.69) is 124 Å². The van der Waals surface area contributed by atoms with Crippen LogP contribution in [0.2, 0.25) is 0 Å². The van der Waals surface area contributed by atoms with Gasteiger partial charge in [0.2, 0.25) is 0 Å². The normalized spacial score (nSPS) is 15.1. The first-order valence-corrected chi connectivity index (χ1v) is 14.4. The second-order valence-corrected chi connectivity index (χ2v) is 11.8. The van der Waals surface area contributed by atoms with Crippen molar-refractivity contribution in [1.29, 1.82) is 0 Å². The van der Waals surface area contributed by atoms with Crippen LogP contribution in [0.1, 0.15) is 62.8 Å². The molecule has 1 aliphatic carbocycles. The molecule has 214 valence electrons. The standard InChI is InChI=1S/C33H29NO.C5H10O2/c1-22-17-18-29-28(21-22)31-27(15-10-16-30(31)35-29)32(24(3)23(2)25-11-6-4-7-12-25)34-33(19-20-33)26-13-8-5-9-14-26;1-4(6)5(2,3)7/h4-18,21H,19-20H2,1-3H3;6-7H,1H2,2-3H3/b24-23+,34-32?;. The minimum Gasteiger partial charge on any atom is -0.510 e. The van der Waals surface area contributed by atoms with Gasteiger partial charge in [-0.2, -0.15) is 0 Å². The average molecular weight is 558 g/mol. The minimum absolute atomic E-state index is 0.160. The van der Waals surface area contributed by atoms with Crippen LogP contribution in [0, 0.1) is 6.92 Å². The third-order valence-electron chi connectivity index (χ3n) is 8.10. The number of aliphatic imine (C=N–C) groups is 1. The van der Waals surface area contributed by atoms with Gasteiger partial charge in [-0.1, -0.05) is 91.0 Å². The van der Waals surface area contributed by atoms with Gasteiger partial charge in [-0.05, 0) is 87.9 Å². The lowest BCUT2D eigenvalue weighted by Gasteiger charge is -2.18. The molecule has 0 bridgehead atoms. The minimum atomic E-state index is -1.14. The summed E-state index contributed by atoms with van der Waals surface area (Å²) in [5, 5.41) is 19.5. The lowest BCUT2D eigenvalue weighted by Crippen LogP contribution is -2.20. The molecule has 2 N–H and O–H groups in total. The fraction of sp³-hybridized carbons (Fsp3) is 0.237. The van der Waals surface area contributed by atoms with E-state index >= 15 is 0 Å². The summed E-state index contributed by atoms with van der Waals surface area (Å²) in [6, 6.07) is 34.2. The maximum absolute atomic E-state index is 8.75. The molecule has 0 radical (unpaired) electrons. The van der Waals surface area contributed by atoms with Crippen molar-refractivity contribution in [2.45, 2.75) is 58.6 Å². The molecule has 1 aliphatic rings.